The monoisotopic (exact) mass is 204 g/mol. The van der Waals surface area contributed by atoms with Crippen LogP contribution in [0, 0.1) is 0 Å². The molecule has 13 heavy (non-hydrogen) atoms. The predicted molar refractivity (Wildman–Crippen MR) is 63.4 cm³/mol. The van der Waals surface area contributed by atoms with Crippen molar-refractivity contribution in [3.63, 3.8) is 0 Å². The van der Waals surface area contributed by atoms with Gasteiger partial charge in [0.25, 0.3) is 0 Å². The van der Waals surface area contributed by atoms with Crippen LogP contribution in [-0.2, 0) is 0 Å². The van der Waals surface area contributed by atoms with Crippen LogP contribution < -0.4 is 5.73 Å². The SMILES string of the molecule is CCC(CN)N(C)C(CC)CSC. The molecule has 2 N–H and O–H groups in total. The van der Waals surface area contributed by atoms with Gasteiger partial charge >= 0.3 is 0 Å². The van der Waals surface area contributed by atoms with Crippen LogP contribution in [0.25, 0.3) is 0 Å². The summed E-state index contributed by atoms with van der Waals surface area (Å²) in [6, 6.07) is 1.24. The van der Waals surface area contributed by atoms with E-state index in [1.165, 1.54) is 12.2 Å². The van der Waals surface area contributed by atoms with Gasteiger partial charge in [-0.3, -0.25) is 4.90 Å². The normalized spacial score (nSPS) is 16.2. The van der Waals surface area contributed by atoms with Gasteiger partial charge < -0.3 is 5.73 Å². The molecule has 0 radical (unpaired) electrons. The Morgan fingerprint density at radius 1 is 1.23 bits per heavy atom. The highest BCUT2D eigenvalue weighted by Gasteiger charge is 2.18. The zero-order valence-electron chi connectivity index (χ0n) is 9.42. The molecule has 0 spiro atoms. The van der Waals surface area contributed by atoms with Crippen molar-refractivity contribution >= 4 is 11.8 Å². The first-order valence-corrected chi connectivity index (χ1v) is 6.51. The van der Waals surface area contributed by atoms with E-state index in [1.54, 1.807) is 0 Å². The number of hydrogen-bond acceptors (Lipinski definition) is 3. The summed E-state index contributed by atoms with van der Waals surface area (Å²) < 4.78 is 0. The summed E-state index contributed by atoms with van der Waals surface area (Å²) in [7, 11) is 2.20. The first-order chi connectivity index (χ1) is 6.21. The number of thioether (sulfide) groups is 1. The van der Waals surface area contributed by atoms with Gasteiger partial charge in [0.1, 0.15) is 0 Å². The average Bonchev–Trinajstić information content (AvgIpc) is 2.15. The molecule has 0 aliphatic rings. The van der Waals surface area contributed by atoms with Crippen LogP contribution in [0.3, 0.4) is 0 Å². The lowest BCUT2D eigenvalue weighted by Gasteiger charge is -2.33. The number of rotatable bonds is 7. The maximum Gasteiger partial charge on any atom is 0.0216 e. The van der Waals surface area contributed by atoms with Crippen molar-refractivity contribution in [2.24, 2.45) is 5.73 Å². The van der Waals surface area contributed by atoms with Gasteiger partial charge in [0.2, 0.25) is 0 Å². The number of hydrogen-bond donors (Lipinski definition) is 1. The van der Waals surface area contributed by atoms with Crippen LogP contribution in [0.2, 0.25) is 0 Å². The molecule has 2 nitrogen and oxygen atoms in total. The average molecular weight is 204 g/mol. The third kappa shape index (κ3) is 4.34. The molecule has 0 saturated carbocycles. The van der Waals surface area contributed by atoms with Crippen LogP contribution in [0.4, 0.5) is 0 Å². The molecule has 2 unspecified atom stereocenters. The third-order valence-electron chi connectivity index (χ3n) is 2.73. The van der Waals surface area contributed by atoms with Crippen molar-refractivity contribution in [2.45, 2.75) is 38.8 Å². The largest absolute Gasteiger partial charge is 0.329 e. The van der Waals surface area contributed by atoms with Gasteiger partial charge in [0, 0.05) is 24.4 Å². The van der Waals surface area contributed by atoms with E-state index in [0.717, 1.165) is 13.0 Å². The Balaban J connectivity index is 4.07. The highest BCUT2D eigenvalue weighted by Crippen LogP contribution is 2.12. The lowest BCUT2D eigenvalue weighted by Crippen LogP contribution is -2.44. The molecule has 0 aromatic rings. The topological polar surface area (TPSA) is 29.3 Å². The van der Waals surface area contributed by atoms with E-state index in [4.69, 9.17) is 5.73 Å². The van der Waals surface area contributed by atoms with E-state index in [2.05, 4.69) is 32.1 Å². The van der Waals surface area contributed by atoms with Crippen LogP contribution in [0.1, 0.15) is 26.7 Å². The molecule has 0 rings (SSSR count). The molecule has 0 aromatic heterocycles. The molecule has 0 aliphatic carbocycles. The van der Waals surface area contributed by atoms with Crippen molar-refractivity contribution < 1.29 is 0 Å². The standard InChI is InChI=1S/C10H24N2S/c1-5-9(7-11)12(3)10(6-2)8-13-4/h9-10H,5-8,11H2,1-4H3. The maximum atomic E-state index is 5.72. The zero-order valence-corrected chi connectivity index (χ0v) is 10.2. The van der Waals surface area contributed by atoms with Crippen molar-refractivity contribution in [3.8, 4) is 0 Å². The third-order valence-corrected chi connectivity index (χ3v) is 3.44. The molecule has 0 bridgehead atoms. The van der Waals surface area contributed by atoms with Crippen LogP contribution >= 0.6 is 11.8 Å². The smallest absolute Gasteiger partial charge is 0.0216 e. The van der Waals surface area contributed by atoms with Gasteiger partial charge in [-0.25, -0.2) is 0 Å². The van der Waals surface area contributed by atoms with Crippen molar-refractivity contribution in [2.75, 3.05) is 25.6 Å². The number of nitrogens with two attached hydrogens (primary N) is 1. The summed E-state index contributed by atoms with van der Waals surface area (Å²) in [5.74, 6) is 1.21. The molecular weight excluding hydrogens is 180 g/mol. The van der Waals surface area contributed by atoms with E-state index in [0.29, 0.717) is 12.1 Å². The highest BCUT2D eigenvalue weighted by atomic mass is 32.2. The molecule has 0 saturated heterocycles. The van der Waals surface area contributed by atoms with Crippen LogP contribution in [-0.4, -0.2) is 42.6 Å². The Labute approximate surface area is 87.2 Å². The molecule has 0 heterocycles. The molecule has 0 aliphatic heterocycles. The molecule has 0 fully saturated rings. The van der Waals surface area contributed by atoms with E-state index >= 15 is 0 Å². The second kappa shape index (κ2) is 7.65. The van der Waals surface area contributed by atoms with Crippen LogP contribution in [0.5, 0.6) is 0 Å². The Bertz CT molecular complexity index is 115. The Hall–Kier alpha value is 0.270. The molecule has 0 aromatic carbocycles. The Morgan fingerprint density at radius 3 is 2.08 bits per heavy atom. The molecular formula is C10H24N2S. The second-order valence-electron chi connectivity index (χ2n) is 3.48. The number of likely N-dealkylation sites (N-methyl/N-ethyl adjacent to an activating group) is 1. The summed E-state index contributed by atoms with van der Waals surface area (Å²) in [6.45, 7) is 5.23. The Kier molecular flexibility index (Phi) is 7.81. The summed E-state index contributed by atoms with van der Waals surface area (Å²) in [5, 5.41) is 0. The quantitative estimate of drug-likeness (QED) is 0.685. The summed E-state index contributed by atoms with van der Waals surface area (Å²) >= 11 is 1.92. The summed E-state index contributed by atoms with van der Waals surface area (Å²) in [6.07, 6.45) is 4.53. The fourth-order valence-electron chi connectivity index (χ4n) is 1.63. The van der Waals surface area contributed by atoms with Crippen molar-refractivity contribution in [1.29, 1.82) is 0 Å². The van der Waals surface area contributed by atoms with Gasteiger partial charge in [-0.05, 0) is 26.1 Å². The minimum atomic E-state index is 0.553. The summed E-state index contributed by atoms with van der Waals surface area (Å²) in [5.41, 5.74) is 5.72. The fourth-order valence-corrected chi connectivity index (χ4v) is 2.49. The van der Waals surface area contributed by atoms with Gasteiger partial charge in [0.05, 0.1) is 0 Å². The predicted octanol–water partition coefficient (Wildman–Crippen LogP) is 1.80. The molecule has 80 valence electrons. The van der Waals surface area contributed by atoms with Crippen molar-refractivity contribution in [1.82, 2.24) is 4.90 Å². The summed E-state index contributed by atoms with van der Waals surface area (Å²) in [4.78, 5) is 2.44. The molecule has 0 amide bonds. The number of nitrogens with zero attached hydrogens (tertiary/aromatic N) is 1. The van der Waals surface area contributed by atoms with Crippen LogP contribution in [0.15, 0.2) is 0 Å². The lowest BCUT2D eigenvalue weighted by atomic mass is 10.1. The zero-order chi connectivity index (χ0) is 10.3. The second-order valence-corrected chi connectivity index (χ2v) is 4.39. The lowest BCUT2D eigenvalue weighted by molar-refractivity contribution is 0.182. The first kappa shape index (κ1) is 13.3. The molecule has 3 heteroatoms. The van der Waals surface area contributed by atoms with Gasteiger partial charge in [-0.15, -0.1) is 0 Å². The van der Waals surface area contributed by atoms with Gasteiger partial charge in [-0.1, -0.05) is 13.8 Å². The van der Waals surface area contributed by atoms with Gasteiger partial charge in [-0.2, -0.15) is 11.8 Å². The minimum absolute atomic E-state index is 0.553. The van der Waals surface area contributed by atoms with E-state index in [1.807, 2.05) is 11.8 Å². The van der Waals surface area contributed by atoms with E-state index in [9.17, 15) is 0 Å². The fraction of sp³-hybridized carbons (Fsp3) is 1.00. The molecule has 2 atom stereocenters. The highest BCUT2D eigenvalue weighted by molar-refractivity contribution is 7.98. The van der Waals surface area contributed by atoms with Gasteiger partial charge in [0.15, 0.2) is 0 Å². The first-order valence-electron chi connectivity index (χ1n) is 5.12. The van der Waals surface area contributed by atoms with E-state index < -0.39 is 0 Å². The van der Waals surface area contributed by atoms with Crippen molar-refractivity contribution in [3.05, 3.63) is 0 Å². The minimum Gasteiger partial charge on any atom is -0.329 e. The Morgan fingerprint density at radius 2 is 1.77 bits per heavy atom. The maximum absolute atomic E-state index is 5.72. The van der Waals surface area contributed by atoms with E-state index in [-0.39, 0.29) is 0 Å².